The van der Waals surface area contributed by atoms with Gasteiger partial charge in [-0.15, -0.1) is 0 Å². The zero-order valence-corrected chi connectivity index (χ0v) is 18.0. The number of carbonyl (C=O) groups is 1. The van der Waals surface area contributed by atoms with Crippen LogP contribution in [0.2, 0.25) is 0 Å². The van der Waals surface area contributed by atoms with Crippen LogP contribution in [0.3, 0.4) is 0 Å². The van der Waals surface area contributed by atoms with Crippen molar-refractivity contribution in [2.45, 2.75) is 39.8 Å². The third-order valence-electron chi connectivity index (χ3n) is 4.45. The second kappa shape index (κ2) is 8.27. The van der Waals surface area contributed by atoms with Crippen LogP contribution in [0.4, 0.5) is 0 Å². The molecule has 0 N–H and O–H groups in total. The lowest BCUT2D eigenvalue weighted by Crippen LogP contribution is -2.35. The monoisotopic (exact) mass is 398 g/mol. The van der Waals surface area contributed by atoms with Gasteiger partial charge in [0.1, 0.15) is 11.5 Å². The highest BCUT2D eigenvalue weighted by Crippen LogP contribution is 2.38. The van der Waals surface area contributed by atoms with E-state index >= 15 is 0 Å². The van der Waals surface area contributed by atoms with E-state index in [-0.39, 0.29) is 18.0 Å². The SMILES string of the molecule is COc1ccc2ccc(OC)c(/C=C3/SC(=NC(C)C)N(C(C)C)C3=O)c2c1. The van der Waals surface area contributed by atoms with Crippen LogP contribution in [0.25, 0.3) is 16.8 Å². The number of methoxy groups -OCH3 is 2. The molecule has 28 heavy (non-hydrogen) atoms. The van der Waals surface area contributed by atoms with Gasteiger partial charge in [-0.2, -0.15) is 0 Å². The summed E-state index contributed by atoms with van der Waals surface area (Å²) in [6.45, 7) is 8.03. The van der Waals surface area contributed by atoms with Gasteiger partial charge in [0, 0.05) is 17.6 Å². The number of ether oxygens (including phenoxy) is 2. The summed E-state index contributed by atoms with van der Waals surface area (Å²) in [6.07, 6.45) is 1.91. The summed E-state index contributed by atoms with van der Waals surface area (Å²) in [6, 6.07) is 9.99. The second-order valence-electron chi connectivity index (χ2n) is 7.15. The summed E-state index contributed by atoms with van der Waals surface area (Å²) in [5, 5.41) is 2.78. The number of fused-ring (bicyclic) bond motifs is 1. The molecule has 6 heteroatoms. The van der Waals surface area contributed by atoms with Gasteiger partial charge in [0.25, 0.3) is 5.91 Å². The molecule has 0 radical (unpaired) electrons. The minimum Gasteiger partial charge on any atom is -0.497 e. The Hall–Kier alpha value is -2.47. The first-order chi connectivity index (χ1) is 13.3. The largest absolute Gasteiger partial charge is 0.497 e. The molecule has 0 unspecified atom stereocenters. The number of aliphatic imine (C=N–C) groups is 1. The van der Waals surface area contributed by atoms with Gasteiger partial charge in [-0.1, -0.05) is 12.1 Å². The molecular weight excluding hydrogens is 372 g/mol. The highest BCUT2D eigenvalue weighted by atomic mass is 32.2. The molecule has 0 aliphatic carbocycles. The summed E-state index contributed by atoms with van der Waals surface area (Å²) in [7, 11) is 3.28. The van der Waals surface area contributed by atoms with Gasteiger partial charge < -0.3 is 9.47 Å². The molecule has 2 aromatic carbocycles. The van der Waals surface area contributed by atoms with E-state index in [1.54, 1.807) is 19.1 Å². The molecule has 0 spiro atoms. The smallest absolute Gasteiger partial charge is 0.266 e. The number of carbonyl (C=O) groups excluding carboxylic acids is 1. The van der Waals surface area contributed by atoms with E-state index < -0.39 is 0 Å². The zero-order chi connectivity index (χ0) is 20.4. The van der Waals surface area contributed by atoms with E-state index in [1.807, 2.05) is 64.1 Å². The van der Waals surface area contributed by atoms with E-state index in [4.69, 9.17) is 9.47 Å². The fourth-order valence-corrected chi connectivity index (χ4v) is 4.35. The Labute approximate surface area is 170 Å². The third-order valence-corrected chi connectivity index (χ3v) is 5.44. The molecule has 3 rings (SSSR count). The van der Waals surface area contributed by atoms with Gasteiger partial charge in [0.15, 0.2) is 5.17 Å². The average molecular weight is 399 g/mol. The van der Waals surface area contributed by atoms with Gasteiger partial charge in [0.2, 0.25) is 0 Å². The highest BCUT2D eigenvalue weighted by molar-refractivity contribution is 8.18. The molecule has 0 aromatic heterocycles. The predicted molar refractivity (Wildman–Crippen MR) is 117 cm³/mol. The molecule has 1 aliphatic rings. The van der Waals surface area contributed by atoms with Crippen molar-refractivity contribution in [1.82, 2.24) is 4.90 Å². The standard InChI is InChI=1S/C22H26N2O3S/c1-13(2)23-22-24(14(3)4)21(25)20(28-22)12-18-17-11-16(26-5)9-7-15(17)8-10-19(18)27-6/h7-14H,1-6H3/b20-12+,23-22?. The van der Waals surface area contributed by atoms with Crippen molar-refractivity contribution in [3.8, 4) is 11.5 Å². The number of hydrogen-bond acceptors (Lipinski definition) is 5. The fourth-order valence-electron chi connectivity index (χ4n) is 3.14. The Balaban J connectivity index is 2.17. The van der Waals surface area contributed by atoms with Crippen molar-refractivity contribution in [2.75, 3.05) is 14.2 Å². The van der Waals surface area contributed by atoms with Crippen LogP contribution in [0, 0.1) is 0 Å². The number of thioether (sulfide) groups is 1. The van der Waals surface area contributed by atoms with Crippen LogP contribution in [0.5, 0.6) is 11.5 Å². The first-order valence-electron chi connectivity index (χ1n) is 9.31. The van der Waals surface area contributed by atoms with Crippen molar-refractivity contribution in [2.24, 2.45) is 4.99 Å². The Kier molecular flexibility index (Phi) is 5.98. The maximum atomic E-state index is 13.1. The average Bonchev–Trinajstić information content (AvgIpc) is 2.96. The number of amides is 1. The zero-order valence-electron chi connectivity index (χ0n) is 17.1. The molecule has 2 aromatic rings. The minimum absolute atomic E-state index is 0.0265. The highest BCUT2D eigenvalue weighted by Gasteiger charge is 2.35. The van der Waals surface area contributed by atoms with Crippen molar-refractivity contribution >= 4 is 39.7 Å². The molecule has 0 bridgehead atoms. The van der Waals surface area contributed by atoms with Crippen LogP contribution < -0.4 is 9.47 Å². The Bertz CT molecular complexity index is 958. The molecule has 1 amide bonds. The van der Waals surface area contributed by atoms with Gasteiger partial charge in [-0.05, 0) is 74.5 Å². The predicted octanol–water partition coefficient (Wildman–Crippen LogP) is 4.95. The van der Waals surface area contributed by atoms with Crippen molar-refractivity contribution in [3.63, 3.8) is 0 Å². The number of rotatable bonds is 5. The van der Waals surface area contributed by atoms with Crippen LogP contribution in [-0.4, -0.2) is 42.3 Å². The van der Waals surface area contributed by atoms with Crippen molar-refractivity contribution in [3.05, 3.63) is 40.8 Å². The Morgan fingerprint density at radius 3 is 2.39 bits per heavy atom. The van der Waals surface area contributed by atoms with Crippen molar-refractivity contribution in [1.29, 1.82) is 0 Å². The maximum absolute atomic E-state index is 13.1. The van der Waals surface area contributed by atoms with Crippen LogP contribution in [-0.2, 0) is 4.79 Å². The number of hydrogen-bond donors (Lipinski definition) is 0. The first kappa shape index (κ1) is 20.3. The molecule has 1 heterocycles. The van der Waals surface area contributed by atoms with Crippen LogP contribution >= 0.6 is 11.8 Å². The quantitative estimate of drug-likeness (QED) is 0.669. The lowest BCUT2D eigenvalue weighted by atomic mass is 10.0. The lowest BCUT2D eigenvalue weighted by Gasteiger charge is -2.20. The molecule has 0 atom stereocenters. The minimum atomic E-state index is -0.0265. The molecule has 1 saturated heterocycles. The van der Waals surface area contributed by atoms with E-state index in [1.165, 1.54) is 11.8 Å². The number of amidine groups is 1. The van der Waals surface area contributed by atoms with E-state index in [0.29, 0.717) is 10.7 Å². The summed E-state index contributed by atoms with van der Waals surface area (Å²) in [5.74, 6) is 1.45. The Morgan fingerprint density at radius 1 is 1.07 bits per heavy atom. The lowest BCUT2D eigenvalue weighted by molar-refractivity contribution is -0.123. The normalized spacial score (nSPS) is 17.6. The molecular formula is C22H26N2O3S. The maximum Gasteiger partial charge on any atom is 0.266 e. The molecule has 0 saturated carbocycles. The summed E-state index contributed by atoms with van der Waals surface area (Å²) < 4.78 is 11.0. The summed E-state index contributed by atoms with van der Waals surface area (Å²) in [5.41, 5.74) is 0.865. The van der Waals surface area contributed by atoms with Gasteiger partial charge in [-0.25, -0.2) is 0 Å². The Morgan fingerprint density at radius 2 is 1.79 bits per heavy atom. The number of nitrogens with zero attached hydrogens (tertiary/aromatic N) is 2. The van der Waals surface area contributed by atoms with Crippen molar-refractivity contribution < 1.29 is 14.3 Å². The van der Waals surface area contributed by atoms with E-state index in [9.17, 15) is 4.79 Å². The third kappa shape index (κ3) is 3.87. The summed E-state index contributed by atoms with van der Waals surface area (Å²) >= 11 is 1.42. The van der Waals surface area contributed by atoms with Crippen LogP contribution in [0.15, 0.2) is 40.2 Å². The van der Waals surface area contributed by atoms with Gasteiger partial charge in [-0.3, -0.25) is 14.7 Å². The molecule has 1 fully saturated rings. The topological polar surface area (TPSA) is 51.1 Å². The second-order valence-corrected chi connectivity index (χ2v) is 8.16. The molecule has 148 valence electrons. The van der Waals surface area contributed by atoms with E-state index in [2.05, 4.69) is 4.99 Å². The van der Waals surface area contributed by atoms with E-state index in [0.717, 1.165) is 27.3 Å². The van der Waals surface area contributed by atoms with Gasteiger partial charge >= 0.3 is 0 Å². The fraction of sp³-hybridized carbons (Fsp3) is 0.364. The molecule has 5 nitrogen and oxygen atoms in total. The number of benzene rings is 2. The summed E-state index contributed by atoms with van der Waals surface area (Å²) in [4.78, 5) is 20.1. The van der Waals surface area contributed by atoms with Gasteiger partial charge in [0.05, 0.1) is 19.1 Å². The molecule has 1 aliphatic heterocycles. The first-order valence-corrected chi connectivity index (χ1v) is 10.1. The van der Waals surface area contributed by atoms with Crippen LogP contribution in [0.1, 0.15) is 33.3 Å².